The predicted octanol–water partition coefficient (Wildman–Crippen LogP) is 2.15. The lowest BCUT2D eigenvalue weighted by Gasteiger charge is -2.38. The van der Waals surface area contributed by atoms with Crippen molar-refractivity contribution in [2.75, 3.05) is 37.7 Å². The second kappa shape index (κ2) is 7.37. The van der Waals surface area contributed by atoms with Crippen LogP contribution in [0.25, 0.3) is 0 Å². The molecule has 0 N–H and O–H groups in total. The number of nitrogens with zero attached hydrogens (tertiary/aromatic N) is 5. The fourth-order valence-electron chi connectivity index (χ4n) is 2.88. The summed E-state index contributed by atoms with van der Waals surface area (Å²) >= 11 is 0. The van der Waals surface area contributed by atoms with Crippen molar-refractivity contribution in [3.05, 3.63) is 42.5 Å². The minimum Gasteiger partial charge on any atom is -0.478 e. The number of hydrogen-bond donors (Lipinski definition) is 0. The third-order valence-corrected chi connectivity index (χ3v) is 4.22. The standard InChI is InChI=1S/C17H23N5O/c1-3-23-17-12-16(19-13-20-17)22-10-8-21(9-11-22)14(2)15-6-4-5-7-18-15/h4-7,12-14H,3,8-11H2,1-2H3. The maximum atomic E-state index is 5.46. The second-order valence-corrected chi connectivity index (χ2v) is 5.60. The molecule has 23 heavy (non-hydrogen) atoms. The summed E-state index contributed by atoms with van der Waals surface area (Å²) in [6.07, 6.45) is 3.43. The maximum absolute atomic E-state index is 5.46. The van der Waals surface area contributed by atoms with Gasteiger partial charge in [-0.25, -0.2) is 9.97 Å². The molecule has 1 atom stereocenters. The lowest BCUT2D eigenvalue weighted by Crippen LogP contribution is -2.47. The van der Waals surface area contributed by atoms with Gasteiger partial charge in [0.2, 0.25) is 5.88 Å². The van der Waals surface area contributed by atoms with E-state index in [1.807, 2.05) is 31.3 Å². The summed E-state index contributed by atoms with van der Waals surface area (Å²) < 4.78 is 5.46. The van der Waals surface area contributed by atoms with Crippen LogP contribution in [0.15, 0.2) is 36.8 Å². The Labute approximate surface area is 137 Å². The molecule has 3 heterocycles. The molecule has 3 rings (SSSR count). The Kier molecular flexibility index (Phi) is 5.02. The average Bonchev–Trinajstić information content (AvgIpc) is 2.62. The van der Waals surface area contributed by atoms with Gasteiger partial charge in [-0.2, -0.15) is 0 Å². The minimum atomic E-state index is 0.336. The molecule has 1 saturated heterocycles. The first-order valence-electron chi connectivity index (χ1n) is 8.12. The van der Waals surface area contributed by atoms with Crippen molar-refractivity contribution in [1.82, 2.24) is 19.9 Å². The van der Waals surface area contributed by atoms with E-state index in [0.29, 0.717) is 18.5 Å². The van der Waals surface area contributed by atoms with Crippen LogP contribution < -0.4 is 9.64 Å². The molecule has 0 bridgehead atoms. The summed E-state index contributed by atoms with van der Waals surface area (Å²) in [5.41, 5.74) is 1.13. The Hall–Kier alpha value is -2.21. The summed E-state index contributed by atoms with van der Waals surface area (Å²) in [6, 6.07) is 8.35. The molecule has 1 aliphatic heterocycles. The maximum Gasteiger partial charge on any atom is 0.218 e. The van der Waals surface area contributed by atoms with Crippen molar-refractivity contribution in [1.29, 1.82) is 0 Å². The fraction of sp³-hybridized carbons (Fsp3) is 0.471. The lowest BCUT2D eigenvalue weighted by molar-refractivity contribution is 0.195. The smallest absolute Gasteiger partial charge is 0.218 e. The molecule has 0 aliphatic carbocycles. The first kappa shape index (κ1) is 15.7. The van der Waals surface area contributed by atoms with E-state index in [0.717, 1.165) is 37.7 Å². The van der Waals surface area contributed by atoms with Crippen LogP contribution in [0.3, 0.4) is 0 Å². The highest BCUT2D eigenvalue weighted by Crippen LogP contribution is 2.22. The number of anilines is 1. The molecule has 122 valence electrons. The van der Waals surface area contributed by atoms with Crippen LogP contribution in [-0.4, -0.2) is 52.6 Å². The van der Waals surface area contributed by atoms with Crippen LogP contribution >= 0.6 is 0 Å². The highest BCUT2D eigenvalue weighted by Gasteiger charge is 2.23. The summed E-state index contributed by atoms with van der Waals surface area (Å²) in [6.45, 7) is 8.66. The number of aromatic nitrogens is 3. The van der Waals surface area contributed by atoms with Gasteiger partial charge in [0.25, 0.3) is 0 Å². The SMILES string of the molecule is CCOc1cc(N2CCN(C(C)c3ccccn3)CC2)ncn1. The Morgan fingerprint density at radius 3 is 2.65 bits per heavy atom. The van der Waals surface area contributed by atoms with Crippen molar-refractivity contribution in [2.45, 2.75) is 19.9 Å². The van der Waals surface area contributed by atoms with Crippen molar-refractivity contribution in [2.24, 2.45) is 0 Å². The summed E-state index contributed by atoms with van der Waals surface area (Å²) in [5, 5.41) is 0. The molecule has 0 radical (unpaired) electrons. The molecule has 1 fully saturated rings. The summed E-state index contributed by atoms with van der Waals surface area (Å²) in [7, 11) is 0. The molecule has 2 aromatic heterocycles. The van der Waals surface area contributed by atoms with Gasteiger partial charge in [0.05, 0.1) is 12.3 Å². The molecular weight excluding hydrogens is 290 g/mol. The van der Waals surface area contributed by atoms with E-state index in [2.05, 4.69) is 37.7 Å². The van der Waals surface area contributed by atoms with Gasteiger partial charge in [-0.1, -0.05) is 6.07 Å². The Morgan fingerprint density at radius 1 is 1.13 bits per heavy atom. The third kappa shape index (κ3) is 3.76. The molecule has 0 saturated carbocycles. The van der Waals surface area contributed by atoms with Gasteiger partial charge >= 0.3 is 0 Å². The van der Waals surface area contributed by atoms with Crippen LogP contribution in [-0.2, 0) is 0 Å². The highest BCUT2D eigenvalue weighted by atomic mass is 16.5. The summed E-state index contributed by atoms with van der Waals surface area (Å²) in [4.78, 5) is 17.7. The number of piperazine rings is 1. The second-order valence-electron chi connectivity index (χ2n) is 5.60. The molecule has 6 nitrogen and oxygen atoms in total. The Morgan fingerprint density at radius 2 is 1.96 bits per heavy atom. The van der Waals surface area contributed by atoms with Gasteiger partial charge in [-0.05, 0) is 26.0 Å². The number of pyridine rings is 1. The zero-order valence-electron chi connectivity index (χ0n) is 13.7. The highest BCUT2D eigenvalue weighted by molar-refractivity contribution is 5.41. The zero-order valence-corrected chi connectivity index (χ0v) is 13.7. The molecule has 0 aromatic carbocycles. The number of rotatable bonds is 5. The van der Waals surface area contributed by atoms with E-state index in [1.165, 1.54) is 0 Å². The first-order chi connectivity index (χ1) is 11.3. The van der Waals surface area contributed by atoms with Gasteiger partial charge in [-0.3, -0.25) is 9.88 Å². The molecule has 1 aliphatic rings. The molecule has 1 unspecified atom stereocenters. The van der Waals surface area contributed by atoms with Gasteiger partial charge in [0, 0.05) is 44.5 Å². The molecule has 6 heteroatoms. The minimum absolute atomic E-state index is 0.336. The van der Waals surface area contributed by atoms with Gasteiger partial charge in [0.15, 0.2) is 0 Å². The van der Waals surface area contributed by atoms with Crippen LogP contribution in [0.2, 0.25) is 0 Å². The molecule has 0 amide bonds. The molecule has 2 aromatic rings. The van der Waals surface area contributed by atoms with Crippen LogP contribution in [0.1, 0.15) is 25.6 Å². The lowest BCUT2D eigenvalue weighted by atomic mass is 10.1. The number of hydrogen-bond acceptors (Lipinski definition) is 6. The summed E-state index contributed by atoms with van der Waals surface area (Å²) in [5.74, 6) is 1.58. The largest absolute Gasteiger partial charge is 0.478 e. The van der Waals surface area contributed by atoms with Gasteiger partial charge in [0.1, 0.15) is 12.1 Å². The third-order valence-electron chi connectivity index (χ3n) is 4.22. The van der Waals surface area contributed by atoms with Crippen molar-refractivity contribution in [3.63, 3.8) is 0 Å². The van der Waals surface area contributed by atoms with Crippen molar-refractivity contribution < 1.29 is 4.74 Å². The Balaban J connectivity index is 1.61. The van der Waals surface area contributed by atoms with Gasteiger partial charge < -0.3 is 9.64 Å². The van der Waals surface area contributed by atoms with E-state index in [4.69, 9.17) is 4.74 Å². The monoisotopic (exact) mass is 313 g/mol. The molecular formula is C17H23N5O. The van der Waals surface area contributed by atoms with E-state index in [1.54, 1.807) is 6.33 Å². The van der Waals surface area contributed by atoms with Crippen molar-refractivity contribution >= 4 is 5.82 Å². The van der Waals surface area contributed by atoms with Crippen LogP contribution in [0.4, 0.5) is 5.82 Å². The van der Waals surface area contributed by atoms with Crippen molar-refractivity contribution in [3.8, 4) is 5.88 Å². The quantitative estimate of drug-likeness (QED) is 0.843. The predicted molar refractivity (Wildman–Crippen MR) is 89.6 cm³/mol. The van der Waals surface area contributed by atoms with E-state index >= 15 is 0 Å². The topological polar surface area (TPSA) is 54.4 Å². The van der Waals surface area contributed by atoms with Crippen LogP contribution in [0.5, 0.6) is 5.88 Å². The average molecular weight is 313 g/mol. The van der Waals surface area contributed by atoms with E-state index < -0.39 is 0 Å². The Bertz CT molecular complexity index is 613. The first-order valence-corrected chi connectivity index (χ1v) is 8.12. The van der Waals surface area contributed by atoms with E-state index in [9.17, 15) is 0 Å². The van der Waals surface area contributed by atoms with Crippen LogP contribution in [0, 0.1) is 0 Å². The van der Waals surface area contributed by atoms with E-state index in [-0.39, 0.29) is 0 Å². The zero-order chi connectivity index (χ0) is 16.1. The number of ether oxygens (including phenoxy) is 1. The normalized spacial score (nSPS) is 17.0. The van der Waals surface area contributed by atoms with Gasteiger partial charge in [-0.15, -0.1) is 0 Å². The fourth-order valence-corrected chi connectivity index (χ4v) is 2.88. The molecule has 0 spiro atoms.